The van der Waals surface area contributed by atoms with Crippen LogP contribution in [0.5, 0.6) is 0 Å². The molecule has 3 unspecified atom stereocenters. The third-order valence-corrected chi connectivity index (χ3v) is 12.7. The highest BCUT2D eigenvalue weighted by molar-refractivity contribution is 6.03. The van der Waals surface area contributed by atoms with Gasteiger partial charge in [-0.15, -0.1) is 0 Å². The standard InChI is InChI=1S/C55H38N4/c1-5-19-37(20-6-1)49-36-51(57-54(56-49)38-21-7-2-8-22-38)59-50-34-33-41(58(39-23-9-3-10-24-39)40-25-11-4-12-26-40)35-45(50)52-53(59)44-29-15-18-32-48(44)55(52)46-30-16-13-27-42(46)43-28-14-17-31-47(43)55/h1-36,42,46H. The average Bonchev–Trinajstić information content (AvgIpc) is 3.92. The van der Waals surface area contributed by atoms with Crippen molar-refractivity contribution in [1.82, 2.24) is 14.5 Å². The summed E-state index contributed by atoms with van der Waals surface area (Å²) in [4.78, 5) is 13.1. The predicted octanol–water partition coefficient (Wildman–Crippen LogP) is 13.4. The Morgan fingerprint density at radius 3 is 1.85 bits per heavy atom. The second-order valence-corrected chi connectivity index (χ2v) is 15.7. The Morgan fingerprint density at radius 1 is 0.508 bits per heavy atom. The molecule has 12 rings (SSSR count). The Hall–Kier alpha value is -7.56. The Kier molecular flexibility index (Phi) is 7.54. The molecule has 0 radical (unpaired) electrons. The lowest BCUT2D eigenvalue weighted by Crippen LogP contribution is -2.32. The van der Waals surface area contributed by atoms with Gasteiger partial charge < -0.3 is 4.90 Å². The van der Waals surface area contributed by atoms with E-state index in [0.717, 1.165) is 45.2 Å². The summed E-state index contributed by atoms with van der Waals surface area (Å²) in [5, 5.41) is 1.21. The van der Waals surface area contributed by atoms with Crippen molar-refractivity contribution in [2.75, 3.05) is 4.90 Å². The van der Waals surface area contributed by atoms with E-state index in [1.165, 1.54) is 38.9 Å². The number of rotatable bonds is 6. The quantitative estimate of drug-likeness (QED) is 0.170. The summed E-state index contributed by atoms with van der Waals surface area (Å²) in [6.45, 7) is 0. The minimum absolute atomic E-state index is 0.180. The smallest absolute Gasteiger partial charge is 0.162 e. The fourth-order valence-electron chi connectivity index (χ4n) is 10.4. The summed E-state index contributed by atoms with van der Waals surface area (Å²) in [5.41, 5.74) is 14.8. The van der Waals surface area contributed by atoms with Gasteiger partial charge in [-0.25, -0.2) is 9.97 Å². The molecule has 0 saturated carbocycles. The summed E-state index contributed by atoms with van der Waals surface area (Å²) >= 11 is 0. The van der Waals surface area contributed by atoms with Crippen molar-refractivity contribution in [3.8, 4) is 39.7 Å². The van der Waals surface area contributed by atoms with Gasteiger partial charge in [-0.2, -0.15) is 0 Å². The summed E-state index contributed by atoms with van der Waals surface area (Å²) in [6, 6.07) is 69.8. The molecule has 3 aliphatic carbocycles. The van der Waals surface area contributed by atoms with Crippen LogP contribution in [-0.4, -0.2) is 14.5 Å². The van der Waals surface area contributed by atoms with Gasteiger partial charge in [0, 0.05) is 62.6 Å². The second kappa shape index (κ2) is 13.3. The third kappa shape index (κ3) is 4.96. The molecule has 4 heteroatoms. The Morgan fingerprint density at radius 2 is 1.12 bits per heavy atom. The summed E-state index contributed by atoms with van der Waals surface area (Å²) < 4.78 is 2.44. The van der Waals surface area contributed by atoms with Crippen molar-refractivity contribution >= 4 is 28.0 Å². The SMILES string of the molecule is C1=CC2c3ccccc3C3(c4ccccc4-c4c3c3cc(N(c5ccccc5)c5ccccc5)ccc3n4-c3cc(-c4ccccc4)nc(-c4ccccc4)n3)C2C=C1. The third-order valence-electron chi connectivity index (χ3n) is 12.7. The van der Waals surface area contributed by atoms with Gasteiger partial charge in [0.05, 0.1) is 22.3 Å². The normalized spacial score (nSPS) is 18.1. The van der Waals surface area contributed by atoms with Crippen LogP contribution in [0.4, 0.5) is 17.1 Å². The first-order valence-corrected chi connectivity index (χ1v) is 20.4. The molecule has 9 aromatic rings. The molecule has 0 N–H and O–H groups in total. The van der Waals surface area contributed by atoms with Gasteiger partial charge in [0.2, 0.25) is 0 Å². The first-order valence-electron chi connectivity index (χ1n) is 20.4. The minimum Gasteiger partial charge on any atom is -0.310 e. The van der Waals surface area contributed by atoms with Crippen LogP contribution in [-0.2, 0) is 5.41 Å². The molecule has 0 amide bonds. The summed E-state index contributed by atoms with van der Waals surface area (Å²) in [5.74, 6) is 1.96. The summed E-state index contributed by atoms with van der Waals surface area (Å²) in [6.07, 6.45) is 9.37. The number of hydrogen-bond donors (Lipinski definition) is 0. The maximum absolute atomic E-state index is 5.48. The van der Waals surface area contributed by atoms with Gasteiger partial charge >= 0.3 is 0 Å². The topological polar surface area (TPSA) is 34.0 Å². The highest BCUT2D eigenvalue weighted by Gasteiger charge is 2.59. The van der Waals surface area contributed by atoms with Crippen molar-refractivity contribution in [3.63, 3.8) is 0 Å². The molecule has 278 valence electrons. The molecule has 4 nitrogen and oxygen atoms in total. The highest BCUT2D eigenvalue weighted by Crippen LogP contribution is 2.67. The van der Waals surface area contributed by atoms with Crippen LogP contribution in [0.1, 0.15) is 28.2 Å². The number of benzene rings is 7. The van der Waals surface area contributed by atoms with E-state index in [0.29, 0.717) is 5.82 Å². The maximum Gasteiger partial charge on any atom is 0.162 e. The van der Waals surface area contributed by atoms with Crippen molar-refractivity contribution in [3.05, 3.63) is 241 Å². The molecule has 2 aromatic heterocycles. The van der Waals surface area contributed by atoms with Crippen LogP contribution >= 0.6 is 0 Å². The van der Waals surface area contributed by atoms with Gasteiger partial charge in [0.15, 0.2) is 5.82 Å². The molecular weight excluding hydrogens is 717 g/mol. The lowest BCUT2D eigenvalue weighted by Gasteiger charge is -2.36. The zero-order valence-electron chi connectivity index (χ0n) is 32.2. The number of anilines is 3. The molecule has 2 heterocycles. The lowest BCUT2D eigenvalue weighted by atomic mass is 9.65. The lowest BCUT2D eigenvalue weighted by molar-refractivity contribution is 0.468. The number of aromatic nitrogens is 3. The zero-order valence-corrected chi connectivity index (χ0v) is 32.2. The summed E-state index contributed by atoms with van der Waals surface area (Å²) in [7, 11) is 0. The Labute approximate surface area is 343 Å². The molecule has 7 aromatic carbocycles. The number of fused-ring (bicyclic) bond motifs is 12. The van der Waals surface area contributed by atoms with E-state index in [-0.39, 0.29) is 11.8 Å². The molecule has 0 aliphatic heterocycles. The molecular formula is C55H38N4. The van der Waals surface area contributed by atoms with Gasteiger partial charge in [-0.1, -0.05) is 170 Å². The molecule has 1 spiro atoms. The Balaban J connectivity index is 1.22. The van der Waals surface area contributed by atoms with Gasteiger partial charge in [-0.05, 0) is 59.2 Å². The van der Waals surface area contributed by atoms with Gasteiger partial charge in [0.1, 0.15) is 5.82 Å². The Bertz CT molecular complexity index is 3010. The molecule has 0 saturated heterocycles. The van der Waals surface area contributed by atoms with E-state index in [1.807, 2.05) is 6.07 Å². The van der Waals surface area contributed by atoms with E-state index in [9.17, 15) is 0 Å². The van der Waals surface area contributed by atoms with E-state index in [2.05, 4.69) is 222 Å². The fraction of sp³-hybridized carbons (Fsp3) is 0.0545. The number of para-hydroxylation sites is 2. The molecule has 3 atom stereocenters. The second-order valence-electron chi connectivity index (χ2n) is 15.7. The minimum atomic E-state index is -0.446. The van der Waals surface area contributed by atoms with Crippen molar-refractivity contribution in [1.29, 1.82) is 0 Å². The fourth-order valence-corrected chi connectivity index (χ4v) is 10.4. The number of allylic oxidation sites excluding steroid dienone is 4. The molecule has 0 fully saturated rings. The van der Waals surface area contributed by atoms with Crippen molar-refractivity contribution < 1.29 is 0 Å². The number of nitrogens with zero attached hydrogens (tertiary/aromatic N) is 4. The predicted molar refractivity (Wildman–Crippen MR) is 241 cm³/mol. The average molecular weight is 755 g/mol. The first kappa shape index (κ1) is 33.6. The van der Waals surface area contributed by atoms with E-state index in [4.69, 9.17) is 9.97 Å². The largest absolute Gasteiger partial charge is 0.310 e. The molecule has 0 bridgehead atoms. The highest BCUT2D eigenvalue weighted by atomic mass is 15.1. The molecule has 59 heavy (non-hydrogen) atoms. The van der Waals surface area contributed by atoms with E-state index < -0.39 is 5.41 Å². The monoisotopic (exact) mass is 754 g/mol. The van der Waals surface area contributed by atoms with E-state index in [1.54, 1.807) is 0 Å². The van der Waals surface area contributed by atoms with Crippen LogP contribution in [0.2, 0.25) is 0 Å². The van der Waals surface area contributed by atoms with Crippen LogP contribution in [0.15, 0.2) is 218 Å². The van der Waals surface area contributed by atoms with Gasteiger partial charge in [-0.3, -0.25) is 4.57 Å². The van der Waals surface area contributed by atoms with Gasteiger partial charge in [0.25, 0.3) is 0 Å². The van der Waals surface area contributed by atoms with Crippen LogP contribution in [0.3, 0.4) is 0 Å². The van der Waals surface area contributed by atoms with Crippen LogP contribution in [0.25, 0.3) is 50.6 Å². The zero-order chi connectivity index (χ0) is 38.9. The van der Waals surface area contributed by atoms with E-state index >= 15 is 0 Å². The van der Waals surface area contributed by atoms with Crippen LogP contribution < -0.4 is 4.90 Å². The first-order chi connectivity index (χ1) is 29.3. The van der Waals surface area contributed by atoms with Crippen LogP contribution in [0, 0.1) is 5.92 Å². The number of hydrogen-bond acceptors (Lipinski definition) is 3. The van der Waals surface area contributed by atoms with Crippen molar-refractivity contribution in [2.45, 2.75) is 11.3 Å². The van der Waals surface area contributed by atoms with Crippen molar-refractivity contribution in [2.24, 2.45) is 5.92 Å². The molecule has 3 aliphatic rings. The maximum atomic E-state index is 5.48.